The molecule has 0 radical (unpaired) electrons. The fourth-order valence-corrected chi connectivity index (χ4v) is 3.70. The van der Waals surface area contributed by atoms with Gasteiger partial charge in [0.25, 0.3) is 5.91 Å². The quantitative estimate of drug-likeness (QED) is 0.600. The number of carbonyl (C=O) groups excluding carboxylic acids is 1. The maximum atomic E-state index is 13.0. The summed E-state index contributed by atoms with van der Waals surface area (Å²) in [6.45, 7) is 1.34. The molecule has 1 unspecified atom stereocenters. The van der Waals surface area contributed by atoms with Crippen LogP contribution in [0.1, 0.15) is 35.1 Å². The molecule has 1 aliphatic rings. The van der Waals surface area contributed by atoms with E-state index in [2.05, 4.69) is 15.2 Å². The molecule has 4 aromatic rings. The average molecular weight is 346 g/mol. The normalized spacial score (nSPS) is 17.8. The van der Waals surface area contributed by atoms with E-state index >= 15 is 0 Å². The summed E-state index contributed by atoms with van der Waals surface area (Å²) < 4.78 is 5.93. The molecular weight excluding hydrogens is 328 g/mol. The van der Waals surface area contributed by atoms with Gasteiger partial charge in [-0.1, -0.05) is 30.3 Å². The van der Waals surface area contributed by atoms with Gasteiger partial charge in [0, 0.05) is 18.5 Å². The lowest BCUT2D eigenvalue weighted by atomic mass is 9.97. The molecule has 1 aliphatic heterocycles. The number of fused-ring (bicyclic) bond motifs is 2. The Morgan fingerprint density at radius 2 is 2.00 bits per heavy atom. The van der Waals surface area contributed by atoms with Crippen LogP contribution in [0.5, 0.6) is 0 Å². The van der Waals surface area contributed by atoms with Crippen LogP contribution in [0.15, 0.2) is 52.9 Å². The maximum Gasteiger partial charge on any atom is 0.275 e. The summed E-state index contributed by atoms with van der Waals surface area (Å²) in [4.78, 5) is 19.5. The number of rotatable bonds is 2. The van der Waals surface area contributed by atoms with Crippen LogP contribution in [0.4, 0.5) is 0 Å². The number of para-hydroxylation sites is 3. The highest BCUT2D eigenvalue weighted by atomic mass is 16.3. The number of H-pyrrole nitrogens is 1. The molecular formula is C20H18N4O2. The van der Waals surface area contributed by atoms with Crippen LogP contribution in [-0.2, 0) is 0 Å². The molecule has 1 atom stereocenters. The molecule has 1 amide bonds. The van der Waals surface area contributed by atoms with Gasteiger partial charge < -0.3 is 9.32 Å². The highest BCUT2D eigenvalue weighted by molar-refractivity contribution is 6.04. The number of aromatic amines is 1. The number of oxazole rings is 1. The lowest BCUT2D eigenvalue weighted by Crippen LogP contribution is -2.39. The Balaban J connectivity index is 1.42. The van der Waals surface area contributed by atoms with Gasteiger partial charge in [0.2, 0.25) is 0 Å². The van der Waals surface area contributed by atoms with Crippen molar-refractivity contribution in [2.24, 2.45) is 0 Å². The Morgan fingerprint density at radius 3 is 2.92 bits per heavy atom. The number of nitrogens with one attached hydrogen (secondary N) is 1. The van der Waals surface area contributed by atoms with E-state index in [1.54, 1.807) is 0 Å². The molecule has 0 aliphatic carbocycles. The molecule has 1 N–H and O–H groups in total. The van der Waals surface area contributed by atoms with E-state index in [9.17, 15) is 4.79 Å². The molecule has 1 saturated heterocycles. The zero-order valence-electron chi connectivity index (χ0n) is 14.2. The summed E-state index contributed by atoms with van der Waals surface area (Å²) in [5.41, 5.74) is 3.02. The third kappa shape index (κ3) is 2.45. The average Bonchev–Trinajstić information content (AvgIpc) is 3.32. The SMILES string of the molecule is O=C(c1n[nH]c2ccccc12)N1CCCC(c2nc3ccccc3o2)C1. The lowest BCUT2D eigenvalue weighted by molar-refractivity contribution is 0.0695. The molecule has 26 heavy (non-hydrogen) atoms. The number of nitrogens with zero attached hydrogens (tertiary/aromatic N) is 3. The summed E-state index contributed by atoms with van der Waals surface area (Å²) >= 11 is 0. The van der Waals surface area contributed by atoms with Gasteiger partial charge in [-0.2, -0.15) is 5.10 Å². The number of carbonyl (C=O) groups is 1. The fraction of sp³-hybridized carbons (Fsp3) is 0.250. The topological polar surface area (TPSA) is 75.0 Å². The molecule has 3 heterocycles. The minimum Gasteiger partial charge on any atom is -0.440 e. The van der Waals surface area contributed by atoms with Gasteiger partial charge in [0.05, 0.1) is 11.4 Å². The highest BCUT2D eigenvalue weighted by Crippen LogP contribution is 2.30. The number of piperidine rings is 1. The van der Waals surface area contributed by atoms with Gasteiger partial charge >= 0.3 is 0 Å². The van der Waals surface area contributed by atoms with E-state index in [1.807, 2.05) is 53.4 Å². The van der Waals surface area contributed by atoms with Crippen LogP contribution in [0, 0.1) is 0 Å². The fourth-order valence-electron chi connectivity index (χ4n) is 3.70. The molecule has 0 spiro atoms. The maximum absolute atomic E-state index is 13.0. The van der Waals surface area contributed by atoms with Crippen LogP contribution < -0.4 is 0 Å². The number of hydrogen-bond donors (Lipinski definition) is 1. The highest BCUT2D eigenvalue weighted by Gasteiger charge is 2.30. The van der Waals surface area contributed by atoms with Gasteiger partial charge in [0.1, 0.15) is 5.52 Å². The van der Waals surface area contributed by atoms with E-state index in [-0.39, 0.29) is 11.8 Å². The third-order valence-corrected chi connectivity index (χ3v) is 5.04. The monoisotopic (exact) mass is 346 g/mol. The lowest BCUT2D eigenvalue weighted by Gasteiger charge is -2.30. The molecule has 2 aromatic carbocycles. The van der Waals surface area contributed by atoms with Crippen LogP contribution in [0.2, 0.25) is 0 Å². The van der Waals surface area contributed by atoms with Crippen LogP contribution >= 0.6 is 0 Å². The Hall–Kier alpha value is -3.15. The van der Waals surface area contributed by atoms with Crippen molar-refractivity contribution >= 4 is 27.9 Å². The molecule has 0 saturated carbocycles. The van der Waals surface area contributed by atoms with Gasteiger partial charge in [-0.05, 0) is 31.0 Å². The number of aromatic nitrogens is 3. The van der Waals surface area contributed by atoms with E-state index in [4.69, 9.17) is 4.42 Å². The van der Waals surface area contributed by atoms with Crippen LogP contribution in [-0.4, -0.2) is 39.1 Å². The van der Waals surface area contributed by atoms with Crippen molar-refractivity contribution in [3.8, 4) is 0 Å². The predicted molar refractivity (Wildman–Crippen MR) is 98.0 cm³/mol. The second-order valence-corrected chi connectivity index (χ2v) is 6.73. The van der Waals surface area contributed by atoms with Gasteiger partial charge in [-0.25, -0.2) is 4.98 Å². The minimum atomic E-state index is -0.0386. The number of hydrogen-bond acceptors (Lipinski definition) is 4. The zero-order valence-corrected chi connectivity index (χ0v) is 14.2. The molecule has 130 valence electrons. The summed E-state index contributed by atoms with van der Waals surface area (Å²) in [6.07, 6.45) is 1.90. The summed E-state index contributed by atoms with van der Waals surface area (Å²) in [5.74, 6) is 0.796. The molecule has 2 aromatic heterocycles. The third-order valence-electron chi connectivity index (χ3n) is 5.04. The smallest absolute Gasteiger partial charge is 0.275 e. The van der Waals surface area contributed by atoms with Gasteiger partial charge in [-0.15, -0.1) is 0 Å². The molecule has 5 rings (SSSR count). The Labute approximate surface area is 149 Å². The Morgan fingerprint density at radius 1 is 1.15 bits per heavy atom. The first kappa shape index (κ1) is 15.1. The van der Waals surface area contributed by atoms with Gasteiger partial charge in [0.15, 0.2) is 17.2 Å². The minimum absolute atomic E-state index is 0.0386. The van der Waals surface area contributed by atoms with Crippen molar-refractivity contribution in [1.82, 2.24) is 20.1 Å². The van der Waals surface area contributed by atoms with Crippen molar-refractivity contribution in [3.05, 3.63) is 60.1 Å². The Kier molecular flexibility index (Phi) is 3.48. The van der Waals surface area contributed by atoms with E-state index in [0.717, 1.165) is 47.3 Å². The van der Waals surface area contributed by atoms with Crippen molar-refractivity contribution in [2.75, 3.05) is 13.1 Å². The number of amides is 1. The molecule has 6 nitrogen and oxygen atoms in total. The van der Waals surface area contributed by atoms with Gasteiger partial charge in [-0.3, -0.25) is 9.89 Å². The standard InChI is InChI=1S/C20H18N4O2/c25-20(18-14-7-1-2-8-15(14)22-23-18)24-11-5-6-13(12-24)19-21-16-9-3-4-10-17(16)26-19/h1-4,7-10,13H,5-6,11-12H2,(H,22,23). The second-order valence-electron chi connectivity index (χ2n) is 6.73. The van der Waals surface area contributed by atoms with Crippen LogP contribution in [0.3, 0.4) is 0 Å². The molecule has 1 fully saturated rings. The molecule has 0 bridgehead atoms. The second kappa shape index (κ2) is 5.98. The van der Waals surface area contributed by atoms with E-state index in [1.165, 1.54) is 0 Å². The largest absolute Gasteiger partial charge is 0.440 e. The molecule has 6 heteroatoms. The Bertz CT molecular complexity index is 1060. The first-order valence-electron chi connectivity index (χ1n) is 8.87. The van der Waals surface area contributed by atoms with E-state index < -0.39 is 0 Å². The van der Waals surface area contributed by atoms with Crippen molar-refractivity contribution in [1.29, 1.82) is 0 Å². The van der Waals surface area contributed by atoms with Crippen molar-refractivity contribution in [3.63, 3.8) is 0 Å². The first-order chi connectivity index (χ1) is 12.8. The summed E-state index contributed by atoms with van der Waals surface area (Å²) in [7, 11) is 0. The zero-order chi connectivity index (χ0) is 17.5. The first-order valence-corrected chi connectivity index (χ1v) is 8.87. The van der Waals surface area contributed by atoms with Crippen LogP contribution in [0.25, 0.3) is 22.0 Å². The number of benzene rings is 2. The van der Waals surface area contributed by atoms with E-state index in [0.29, 0.717) is 12.2 Å². The summed E-state index contributed by atoms with van der Waals surface area (Å²) in [5, 5.41) is 8.05. The number of likely N-dealkylation sites (tertiary alicyclic amines) is 1. The summed E-state index contributed by atoms with van der Waals surface area (Å²) in [6, 6.07) is 15.5. The van der Waals surface area contributed by atoms with Crippen molar-refractivity contribution in [2.45, 2.75) is 18.8 Å². The van der Waals surface area contributed by atoms with Crippen molar-refractivity contribution < 1.29 is 9.21 Å². The predicted octanol–water partition coefficient (Wildman–Crippen LogP) is 3.72.